The van der Waals surface area contributed by atoms with Crippen LogP contribution >= 0.6 is 0 Å². The van der Waals surface area contributed by atoms with Crippen molar-refractivity contribution in [2.24, 2.45) is 0 Å². The fourth-order valence-corrected chi connectivity index (χ4v) is 2.85. The molecular formula is C20H23F3N2O5. The molecule has 10 heteroatoms. The van der Waals surface area contributed by atoms with Gasteiger partial charge in [-0.2, -0.15) is 13.2 Å². The maximum atomic E-state index is 12.7. The SMILES string of the molecule is COc1ccc(OC)c(NC(=O)[C@@H](C)OC(=O)c2cc(C)n(CC(F)(F)F)c2C)c1. The Morgan fingerprint density at radius 1 is 1.13 bits per heavy atom. The van der Waals surface area contributed by atoms with Crippen molar-refractivity contribution in [3.05, 3.63) is 41.2 Å². The van der Waals surface area contributed by atoms with Crippen LogP contribution in [0.4, 0.5) is 18.9 Å². The Kier molecular flexibility index (Phi) is 7.01. The number of nitrogens with zero attached hydrogens (tertiary/aromatic N) is 1. The highest BCUT2D eigenvalue weighted by molar-refractivity contribution is 5.98. The molecule has 1 atom stereocenters. The van der Waals surface area contributed by atoms with Gasteiger partial charge < -0.3 is 24.1 Å². The summed E-state index contributed by atoms with van der Waals surface area (Å²) >= 11 is 0. The molecule has 1 N–H and O–H groups in total. The number of nitrogens with one attached hydrogen (secondary N) is 1. The first-order valence-corrected chi connectivity index (χ1v) is 8.94. The lowest BCUT2D eigenvalue weighted by Gasteiger charge is -2.16. The van der Waals surface area contributed by atoms with E-state index in [1.165, 1.54) is 47.1 Å². The van der Waals surface area contributed by atoms with Crippen LogP contribution in [-0.2, 0) is 16.1 Å². The van der Waals surface area contributed by atoms with Crippen LogP contribution in [0.3, 0.4) is 0 Å². The molecule has 0 unspecified atom stereocenters. The van der Waals surface area contributed by atoms with Gasteiger partial charge in [-0.3, -0.25) is 4.79 Å². The van der Waals surface area contributed by atoms with Gasteiger partial charge in [0.25, 0.3) is 5.91 Å². The Labute approximate surface area is 171 Å². The zero-order valence-electron chi connectivity index (χ0n) is 17.2. The van der Waals surface area contributed by atoms with Crippen LogP contribution in [-0.4, -0.2) is 42.9 Å². The molecule has 0 spiro atoms. The van der Waals surface area contributed by atoms with Crippen LogP contribution in [0.2, 0.25) is 0 Å². The Bertz CT molecular complexity index is 937. The second-order valence-electron chi connectivity index (χ2n) is 6.59. The first-order chi connectivity index (χ1) is 14.0. The number of hydrogen-bond donors (Lipinski definition) is 1. The zero-order valence-corrected chi connectivity index (χ0v) is 17.2. The second-order valence-corrected chi connectivity index (χ2v) is 6.59. The molecule has 7 nitrogen and oxygen atoms in total. The lowest BCUT2D eigenvalue weighted by Crippen LogP contribution is -2.30. The lowest BCUT2D eigenvalue weighted by atomic mass is 10.2. The number of alkyl halides is 3. The van der Waals surface area contributed by atoms with Crippen LogP contribution in [0.5, 0.6) is 11.5 Å². The predicted octanol–water partition coefficient (Wildman–Crippen LogP) is 3.87. The highest BCUT2D eigenvalue weighted by Crippen LogP contribution is 2.29. The third kappa shape index (κ3) is 5.46. The van der Waals surface area contributed by atoms with Crippen LogP contribution in [0, 0.1) is 13.8 Å². The molecule has 0 aliphatic rings. The smallest absolute Gasteiger partial charge is 0.406 e. The molecule has 0 aliphatic carbocycles. The Morgan fingerprint density at radius 2 is 1.80 bits per heavy atom. The number of benzene rings is 1. The minimum absolute atomic E-state index is 0.0321. The fraction of sp³-hybridized carbons (Fsp3) is 0.400. The van der Waals surface area contributed by atoms with E-state index >= 15 is 0 Å². The van der Waals surface area contributed by atoms with Crippen molar-refractivity contribution in [2.45, 2.75) is 39.6 Å². The number of anilines is 1. The molecule has 0 saturated carbocycles. The fourth-order valence-electron chi connectivity index (χ4n) is 2.85. The topological polar surface area (TPSA) is 78.8 Å². The minimum atomic E-state index is -4.43. The largest absolute Gasteiger partial charge is 0.497 e. The number of aromatic nitrogens is 1. The van der Waals surface area contributed by atoms with Crippen molar-refractivity contribution in [1.82, 2.24) is 4.57 Å². The minimum Gasteiger partial charge on any atom is -0.497 e. The molecule has 164 valence electrons. The zero-order chi connectivity index (χ0) is 22.6. The number of aryl methyl sites for hydroxylation is 1. The molecule has 0 aliphatic heterocycles. The molecule has 0 radical (unpaired) electrons. The number of halogens is 3. The third-order valence-electron chi connectivity index (χ3n) is 4.45. The van der Waals surface area contributed by atoms with Gasteiger partial charge in [0.1, 0.15) is 18.0 Å². The van der Waals surface area contributed by atoms with Crippen LogP contribution < -0.4 is 14.8 Å². The Balaban J connectivity index is 2.13. The normalized spacial score (nSPS) is 12.3. The first-order valence-electron chi connectivity index (χ1n) is 8.94. The molecule has 2 aromatic rings. The average molecular weight is 428 g/mol. The van der Waals surface area contributed by atoms with Gasteiger partial charge in [-0.15, -0.1) is 0 Å². The molecule has 1 amide bonds. The summed E-state index contributed by atoms with van der Waals surface area (Å²) < 4.78 is 54.6. The molecule has 0 saturated heterocycles. The monoisotopic (exact) mass is 428 g/mol. The van der Waals surface area contributed by atoms with Crippen molar-refractivity contribution in [1.29, 1.82) is 0 Å². The van der Waals surface area contributed by atoms with E-state index in [0.29, 0.717) is 17.2 Å². The van der Waals surface area contributed by atoms with Gasteiger partial charge >= 0.3 is 12.1 Å². The van der Waals surface area contributed by atoms with Gasteiger partial charge in [0.15, 0.2) is 6.10 Å². The first kappa shape index (κ1) is 23.1. The predicted molar refractivity (Wildman–Crippen MR) is 103 cm³/mol. The number of ether oxygens (including phenoxy) is 3. The quantitative estimate of drug-likeness (QED) is 0.678. The van der Waals surface area contributed by atoms with Gasteiger partial charge in [0.05, 0.1) is 25.5 Å². The van der Waals surface area contributed by atoms with Crippen molar-refractivity contribution >= 4 is 17.6 Å². The van der Waals surface area contributed by atoms with Gasteiger partial charge in [-0.1, -0.05) is 0 Å². The van der Waals surface area contributed by atoms with Gasteiger partial charge in [-0.05, 0) is 39.0 Å². The summed E-state index contributed by atoms with van der Waals surface area (Å²) in [6.45, 7) is 2.99. The molecule has 1 heterocycles. The lowest BCUT2D eigenvalue weighted by molar-refractivity contribution is -0.141. The summed E-state index contributed by atoms with van der Waals surface area (Å²) in [5, 5.41) is 2.58. The van der Waals surface area contributed by atoms with Crippen molar-refractivity contribution in [2.75, 3.05) is 19.5 Å². The van der Waals surface area contributed by atoms with Gasteiger partial charge in [0.2, 0.25) is 0 Å². The van der Waals surface area contributed by atoms with E-state index in [2.05, 4.69) is 5.32 Å². The number of carbonyl (C=O) groups excluding carboxylic acids is 2. The van der Waals surface area contributed by atoms with E-state index in [1.54, 1.807) is 12.1 Å². The van der Waals surface area contributed by atoms with E-state index in [9.17, 15) is 22.8 Å². The number of rotatable bonds is 7. The van der Waals surface area contributed by atoms with Gasteiger partial charge in [0, 0.05) is 17.5 Å². The summed E-state index contributed by atoms with van der Waals surface area (Å²) in [5.41, 5.74) is 0.648. The Hall–Kier alpha value is -3.17. The van der Waals surface area contributed by atoms with E-state index in [1.807, 2.05) is 0 Å². The van der Waals surface area contributed by atoms with Gasteiger partial charge in [-0.25, -0.2) is 4.79 Å². The average Bonchev–Trinajstić information content (AvgIpc) is 2.94. The molecule has 1 aromatic carbocycles. The molecule has 30 heavy (non-hydrogen) atoms. The van der Waals surface area contributed by atoms with Crippen molar-refractivity contribution in [3.63, 3.8) is 0 Å². The molecule has 2 rings (SSSR count). The van der Waals surface area contributed by atoms with E-state index in [-0.39, 0.29) is 17.0 Å². The van der Waals surface area contributed by atoms with Crippen LogP contribution in [0.1, 0.15) is 28.7 Å². The number of esters is 1. The number of methoxy groups -OCH3 is 2. The molecule has 0 fully saturated rings. The van der Waals surface area contributed by atoms with E-state index in [0.717, 1.165) is 4.57 Å². The Morgan fingerprint density at radius 3 is 2.37 bits per heavy atom. The van der Waals surface area contributed by atoms with E-state index < -0.39 is 30.7 Å². The third-order valence-corrected chi connectivity index (χ3v) is 4.45. The van der Waals surface area contributed by atoms with Crippen LogP contribution in [0.25, 0.3) is 0 Å². The van der Waals surface area contributed by atoms with Crippen molar-refractivity contribution < 1.29 is 37.0 Å². The maximum absolute atomic E-state index is 12.7. The molecular weight excluding hydrogens is 405 g/mol. The van der Waals surface area contributed by atoms with Crippen molar-refractivity contribution in [3.8, 4) is 11.5 Å². The highest BCUT2D eigenvalue weighted by atomic mass is 19.4. The summed E-state index contributed by atoms with van der Waals surface area (Å²) in [7, 11) is 2.89. The maximum Gasteiger partial charge on any atom is 0.406 e. The standard InChI is InChI=1S/C20H23F3N2O5/c1-11-8-15(12(2)25(11)10-20(21,22)23)19(27)30-13(3)18(26)24-16-9-14(28-4)6-7-17(16)29-5/h6-9,13H,10H2,1-5H3,(H,24,26)/t13-/m1/s1. The number of hydrogen-bond acceptors (Lipinski definition) is 5. The van der Waals surface area contributed by atoms with Crippen LogP contribution in [0.15, 0.2) is 24.3 Å². The highest BCUT2D eigenvalue weighted by Gasteiger charge is 2.31. The second kappa shape index (κ2) is 9.10. The molecule has 1 aromatic heterocycles. The molecule has 0 bridgehead atoms. The summed E-state index contributed by atoms with van der Waals surface area (Å²) in [6, 6.07) is 6.09. The summed E-state index contributed by atoms with van der Waals surface area (Å²) in [5.74, 6) is -0.679. The van der Waals surface area contributed by atoms with E-state index in [4.69, 9.17) is 14.2 Å². The summed E-state index contributed by atoms with van der Waals surface area (Å²) in [6.07, 6.45) is -5.64. The summed E-state index contributed by atoms with van der Waals surface area (Å²) in [4.78, 5) is 24.9. The number of carbonyl (C=O) groups is 2. The number of amides is 1.